The van der Waals surface area contributed by atoms with Crippen molar-refractivity contribution < 1.29 is 14.3 Å². The van der Waals surface area contributed by atoms with Crippen LogP contribution in [0.3, 0.4) is 0 Å². The van der Waals surface area contributed by atoms with Crippen LogP contribution in [0.25, 0.3) is 6.08 Å². The van der Waals surface area contributed by atoms with Crippen LogP contribution < -0.4 is 10.1 Å². The third kappa shape index (κ3) is 4.92. The number of rotatable bonds is 5. The van der Waals surface area contributed by atoms with Gasteiger partial charge in [0, 0.05) is 17.5 Å². The van der Waals surface area contributed by atoms with E-state index in [0.29, 0.717) is 11.6 Å². The lowest BCUT2D eigenvalue weighted by Gasteiger charge is -2.21. The Kier molecular flexibility index (Phi) is 6.19. The summed E-state index contributed by atoms with van der Waals surface area (Å²) in [5, 5.41) is 2.90. The predicted molar refractivity (Wildman–Crippen MR) is 110 cm³/mol. The van der Waals surface area contributed by atoms with E-state index in [9.17, 15) is 9.59 Å². The molecule has 2 aromatic carbocycles. The summed E-state index contributed by atoms with van der Waals surface area (Å²) in [6, 6.07) is 14.6. The maximum Gasteiger partial charge on any atom is 0.248 e. The van der Waals surface area contributed by atoms with Gasteiger partial charge in [-0.15, -0.1) is 11.8 Å². The number of anilines is 1. The van der Waals surface area contributed by atoms with Gasteiger partial charge in [0.2, 0.25) is 11.8 Å². The minimum absolute atomic E-state index is 0.160. The van der Waals surface area contributed by atoms with Gasteiger partial charge >= 0.3 is 0 Å². The van der Waals surface area contributed by atoms with E-state index in [1.54, 1.807) is 29.8 Å². The molecule has 1 fully saturated rings. The van der Waals surface area contributed by atoms with Crippen LogP contribution in [0, 0.1) is 6.92 Å². The van der Waals surface area contributed by atoms with Crippen LogP contribution >= 0.6 is 11.8 Å². The molecule has 0 radical (unpaired) electrons. The number of aryl methyl sites for hydroxylation is 1. The highest BCUT2D eigenvalue weighted by molar-refractivity contribution is 7.99. The third-order valence-corrected chi connectivity index (χ3v) is 5.31. The highest BCUT2D eigenvalue weighted by atomic mass is 32.2. The number of amides is 2. The average Bonchev–Trinajstić information content (AvgIpc) is 3.18. The molecule has 1 heterocycles. The fourth-order valence-electron chi connectivity index (χ4n) is 2.75. The third-order valence-electron chi connectivity index (χ3n) is 4.30. The quantitative estimate of drug-likeness (QED) is 0.804. The van der Waals surface area contributed by atoms with Gasteiger partial charge in [-0.05, 0) is 42.8 Å². The van der Waals surface area contributed by atoms with Crippen LogP contribution in [0.2, 0.25) is 0 Å². The van der Waals surface area contributed by atoms with Crippen molar-refractivity contribution in [3.05, 3.63) is 65.7 Å². The molecular weight excluding hydrogens is 360 g/mol. The first kappa shape index (κ1) is 19.0. The van der Waals surface area contributed by atoms with Gasteiger partial charge in [0.05, 0.1) is 13.0 Å². The lowest BCUT2D eigenvalue weighted by Crippen LogP contribution is -2.43. The Morgan fingerprint density at radius 2 is 2.00 bits per heavy atom. The highest BCUT2D eigenvalue weighted by Gasteiger charge is 2.33. The first-order valence-corrected chi connectivity index (χ1v) is 9.80. The second-order valence-electron chi connectivity index (χ2n) is 6.29. The number of thioether (sulfide) groups is 1. The number of methoxy groups -OCH3 is 1. The highest BCUT2D eigenvalue weighted by Crippen LogP contribution is 2.23. The van der Waals surface area contributed by atoms with Gasteiger partial charge in [0.25, 0.3) is 0 Å². The number of nitrogens with one attached hydrogen (secondary N) is 1. The number of hydrogen-bond donors (Lipinski definition) is 1. The van der Waals surface area contributed by atoms with Crippen molar-refractivity contribution in [3.8, 4) is 5.75 Å². The van der Waals surface area contributed by atoms with E-state index in [4.69, 9.17) is 4.74 Å². The normalized spacial score (nSPS) is 16.5. The first-order chi connectivity index (χ1) is 13.1. The molecule has 5 nitrogen and oxygen atoms in total. The Labute approximate surface area is 163 Å². The molecule has 1 aliphatic heterocycles. The van der Waals surface area contributed by atoms with E-state index >= 15 is 0 Å². The van der Waals surface area contributed by atoms with Gasteiger partial charge in [-0.2, -0.15) is 0 Å². The smallest absolute Gasteiger partial charge is 0.248 e. The molecule has 1 atom stereocenters. The summed E-state index contributed by atoms with van der Waals surface area (Å²) in [6.07, 6.45) is 3.25. The molecule has 6 heteroatoms. The molecule has 2 amide bonds. The average molecular weight is 382 g/mol. The molecule has 0 aliphatic carbocycles. The van der Waals surface area contributed by atoms with Crippen LogP contribution in [0.5, 0.6) is 5.75 Å². The molecule has 1 unspecified atom stereocenters. The SMILES string of the molecule is COc1cccc(/C=C/C(=O)N2CSCC2C(=O)Nc2ccc(C)cc2)c1. The van der Waals surface area contributed by atoms with Crippen LogP contribution in [-0.2, 0) is 9.59 Å². The van der Waals surface area contributed by atoms with Gasteiger partial charge in [0.1, 0.15) is 11.8 Å². The van der Waals surface area contributed by atoms with Gasteiger partial charge in [-0.25, -0.2) is 0 Å². The summed E-state index contributed by atoms with van der Waals surface area (Å²) in [5.74, 6) is 1.50. The monoisotopic (exact) mass is 382 g/mol. The van der Waals surface area contributed by atoms with E-state index in [2.05, 4.69) is 5.32 Å². The predicted octanol–water partition coefficient (Wildman–Crippen LogP) is 3.56. The van der Waals surface area contributed by atoms with Gasteiger partial charge in [0.15, 0.2) is 0 Å². The standard InChI is InChI=1S/C21H22N2O3S/c1-15-6-9-17(10-7-15)22-21(25)19-13-27-14-23(19)20(24)11-8-16-4-3-5-18(12-16)26-2/h3-12,19H,13-14H2,1-2H3,(H,22,25)/b11-8+. The van der Waals surface area contributed by atoms with Crippen molar-refractivity contribution in [3.63, 3.8) is 0 Å². The summed E-state index contributed by atoms with van der Waals surface area (Å²) in [6.45, 7) is 1.99. The summed E-state index contributed by atoms with van der Waals surface area (Å²) < 4.78 is 5.19. The topological polar surface area (TPSA) is 58.6 Å². The van der Waals surface area contributed by atoms with E-state index in [-0.39, 0.29) is 11.8 Å². The zero-order valence-electron chi connectivity index (χ0n) is 15.3. The number of carbonyl (C=O) groups excluding carboxylic acids is 2. The Morgan fingerprint density at radius 1 is 1.22 bits per heavy atom. The summed E-state index contributed by atoms with van der Waals surface area (Å²) in [4.78, 5) is 26.8. The number of carbonyl (C=O) groups is 2. The van der Waals surface area contributed by atoms with Crippen LogP contribution in [0.4, 0.5) is 5.69 Å². The Bertz CT molecular complexity index is 849. The lowest BCUT2D eigenvalue weighted by molar-refractivity contribution is -0.132. The molecule has 0 spiro atoms. The maximum absolute atomic E-state index is 12.6. The molecule has 1 aliphatic rings. The first-order valence-electron chi connectivity index (χ1n) is 8.65. The molecule has 140 valence electrons. The molecule has 0 aromatic heterocycles. The van der Waals surface area contributed by atoms with Crippen molar-refractivity contribution in [2.45, 2.75) is 13.0 Å². The van der Waals surface area contributed by atoms with Crippen molar-refractivity contribution in [2.75, 3.05) is 24.1 Å². The number of hydrogen-bond acceptors (Lipinski definition) is 4. The fourth-order valence-corrected chi connectivity index (χ4v) is 3.91. The Hall–Kier alpha value is -2.73. The van der Waals surface area contributed by atoms with Crippen molar-refractivity contribution in [2.24, 2.45) is 0 Å². The number of nitrogens with zero attached hydrogens (tertiary/aromatic N) is 1. The zero-order valence-corrected chi connectivity index (χ0v) is 16.2. The Morgan fingerprint density at radius 3 is 2.74 bits per heavy atom. The maximum atomic E-state index is 12.6. The number of ether oxygens (including phenoxy) is 1. The molecule has 1 N–H and O–H groups in total. The largest absolute Gasteiger partial charge is 0.497 e. The van der Waals surface area contributed by atoms with Crippen LogP contribution in [0.15, 0.2) is 54.6 Å². The molecule has 0 bridgehead atoms. The second kappa shape index (κ2) is 8.77. The Balaban J connectivity index is 1.65. The second-order valence-corrected chi connectivity index (χ2v) is 7.29. The minimum Gasteiger partial charge on any atom is -0.497 e. The van der Waals surface area contributed by atoms with E-state index in [1.807, 2.05) is 55.5 Å². The summed E-state index contributed by atoms with van der Waals surface area (Å²) in [7, 11) is 1.60. The molecule has 27 heavy (non-hydrogen) atoms. The minimum atomic E-state index is -0.473. The van der Waals surface area contributed by atoms with Gasteiger partial charge in [-0.3, -0.25) is 9.59 Å². The van der Waals surface area contributed by atoms with Gasteiger partial charge in [-0.1, -0.05) is 29.8 Å². The van der Waals surface area contributed by atoms with Gasteiger partial charge < -0.3 is 15.0 Å². The van der Waals surface area contributed by atoms with Crippen molar-refractivity contribution in [1.82, 2.24) is 4.90 Å². The van der Waals surface area contributed by atoms with Crippen LogP contribution in [-0.4, -0.2) is 41.5 Å². The lowest BCUT2D eigenvalue weighted by atomic mass is 10.2. The van der Waals surface area contributed by atoms with Crippen molar-refractivity contribution >= 4 is 35.3 Å². The molecule has 1 saturated heterocycles. The molecule has 0 saturated carbocycles. The van der Waals surface area contributed by atoms with Crippen molar-refractivity contribution in [1.29, 1.82) is 0 Å². The fraction of sp³-hybridized carbons (Fsp3) is 0.238. The molecular formula is C21H22N2O3S. The summed E-state index contributed by atoms with van der Waals surface area (Å²) >= 11 is 1.58. The van der Waals surface area contributed by atoms with E-state index in [1.165, 1.54) is 6.08 Å². The number of benzene rings is 2. The van der Waals surface area contributed by atoms with E-state index < -0.39 is 6.04 Å². The molecule has 2 aromatic rings. The zero-order chi connectivity index (χ0) is 19.2. The van der Waals surface area contributed by atoms with Crippen LogP contribution in [0.1, 0.15) is 11.1 Å². The molecule has 3 rings (SSSR count). The summed E-state index contributed by atoms with van der Waals surface area (Å²) in [5.41, 5.74) is 2.74. The van der Waals surface area contributed by atoms with E-state index in [0.717, 1.165) is 22.6 Å².